The average molecular weight is 421 g/mol. The maximum Gasteiger partial charge on any atom is 0.331 e. The lowest BCUT2D eigenvalue weighted by atomic mass is 10.2. The Morgan fingerprint density at radius 3 is 2.58 bits per heavy atom. The van der Waals surface area contributed by atoms with Crippen molar-refractivity contribution in [1.82, 2.24) is 15.0 Å². The van der Waals surface area contributed by atoms with Crippen LogP contribution in [0, 0.1) is 6.92 Å². The summed E-state index contributed by atoms with van der Waals surface area (Å²) < 4.78 is 15.7. The van der Waals surface area contributed by atoms with Crippen molar-refractivity contribution in [1.29, 1.82) is 0 Å². The molecule has 0 amide bonds. The smallest absolute Gasteiger partial charge is 0.331 e. The van der Waals surface area contributed by atoms with Crippen LogP contribution >= 0.6 is 0 Å². The van der Waals surface area contributed by atoms with Gasteiger partial charge in [0.25, 0.3) is 0 Å². The third-order valence-corrected chi connectivity index (χ3v) is 4.25. The van der Waals surface area contributed by atoms with Crippen molar-refractivity contribution < 1.29 is 19.0 Å². The second kappa shape index (κ2) is 10.1. The number of hydrogen-bond acceptors (Lipinski definition) is 9. The predicted octanol–water partition coefficient (Wildman–Crippen LogP) is 3.28. The Balaban J connectivity index is 1.63. The summed E-state index contributed by atoms with van der Waals surface area (Å²) in [5, 5.41) is 3.09. The Morgan fingerprint density at radius 1 is 1.06 bits per heavy atom. The number of aryl methyl sites for hydroxylation is 1. The minimum absolute atomic E-state index is 0.0259. The van der Waals surface area contributed by atoms with Gasteiger partial charge in [-0.1, -0.05) is 24.3 Å². The molecule has 0 saturated heterocycles. The van der Waals surface area contributed by atoms with E-state index in [0.29, 0.717) is 11.5 Å². The van der Waals surface area contributed by atoms with Crippen molar-refractivity contribution >= 4 is 29.6 Å². The number of para-hydroxylation sites is 1. The van der Waals surface area contributed by atoms with Crippen molar-refractivity contribution in [2.75, 3.05) is 25.3 Å². The highest BCUT2D eigenvalue weighted by atomic mass is 16.5. The SMILES string of the molecule is COc1ccc(/C=C/C(=O)OCc2nc(N)nc(Nc3ccccc3C)n2)cc1OC. The third kappa shape index (κ3) is 5.92. The highest BCUT2D eigenvalue weighted by Crippen LogP contribution is 2.28. The lowest BCUT2D eigenvalue weighted by Crippen LogP contribution is -2.10. The summed E-state index contributed by atoms with van der Waals surface area (Å²) in [7, 11) is 3.10. The normalized spacial score (nSPS) is 10.7. The van der Waals surface area contributed by atoms with Gasteiger partial charge in [-0.3, -0.25) is 0 Å². The van der Waals surface area contributed by atoms with E-state index >= 15 is 0 Å². The number of methoxy groups -OCH3 is 2. The number of hydrogen-bond donors (Lipinski definition) is 2. The largest absolute Gasteiger partial charge is 0.493 e. The molecule has 9 heteroatoms. The number of carbonyl (C=O) groups is 1. The summed E-state index contributed by atoms with van der Waals surface area (Å²) in [6.45, 7) is 1.81. The number of aromatic nitrogens is 3. The summed E-state index contributed by atoms with van der Waals surface area (Å²) in [6.07, 6.45) is 2.91. The maximum atomic E-state index is 12.1. The van der Waals surface area contributed by atoms with Gasteiger partial charge in [-0.25, -0.2) is 4.79 Å². The fourth-order valence-electron chi connectivity index (χ4n) is 2.70. The zero-order chi connectivity index (χ0) is 22.2. The van der Waals surface area contributed by atoms with Crippen LogP contribution < -0.4 is 20.5 Å². The van der Waals surface area contributed by atoms with Crippen LogP contribution in [0.5, 0.6) is 11.5 Å². The number of esters is 1. The maximum absolute atomic E-state index is 12.1. The van der Waals surface area contributed by atoms with E-state index in [2.05, 4.69) is 20.3 Å². The van der Waals surface area contributed by atoms with Gasteiger partial charge in [0.1, 0.15) is 0 Å². The second-order valence-electron chi connectivity index (χ2n) is 6.43. The molecule has 2 aromatic carbocycles. The molecule has 160 valence electrons. The molecule has 0 aliphatic rings. The van der Waals surface area contributed by atoms with E-state index in [9.17, 15) is 4.79 Å². The number of nitrogens with one attached hydrogen (secondary N) is 1. The molecule has 0 radical (unpaired) electrons. The Morgan fingerprint density at radius 2 is 1.84 bits per heavy atom. The molecule has 1 aromatic heterocycles. The zero-order valence-corrected chi connectivity index (χ0v) is 17.5. The molecule has 0 spiro atoms. The van der Waals surface area contributed by atoms with E-state index in [1.165, 1.54) is 6.08 Å². The molecule has 1 heterocycles. The zero-order valence-electron chi connectivity index (χ0n) is 17.5. The first-order valence-electron chi connectivity index (χ1n) is 9.38. The van der Waals surface area contributed by atoms with Crippen LogP contribution in [0.2, 0.25) is 0 Å². The van der Waals surface area contributed by atoms with Crippen LogP contribution in [0.4, 0.5) is 17.6 Å². The minimum atomic E-state index is -0.554. The number of carbonyl (C=O) groups excluding carboxylic acids is 1. The van der Waals surface area contributed by atoms with E-state index in [4.69, 9.17) is 19.9 Å². The first-order valence-corrected chi connectivity index (χ1v) is 9.38. The van der Waals surface area contributed by atoms with Crippen LogP contribution in [-0.4, -0.2) is 35.1 Å². The summed E-state index contributed by atoms with van der Waals surface area (Å²) in [5.74, 6) is 1.14. The van der Waals surface area contributed by atoms with Crippen LogP contribution in [0.15, 0.2) is 48.5 Å². The topological polar surface area (TPSA) is 121 Å². The molecule has 9 nitrogen and oxygen atoms in total. The summed E-state index contributed by atoms with van der Waals surface area (Å²) in [4.78, 5) is 24.4. The summed E-state index contributed by atoms with van der Waals surface area (Å²) in [6, 6.07) is 13.0. The Hall–Kier alpha value is -4.14. The van der Waals surface area contributed by atoms with Gasteiger partial charge in [0.05, 0.1) is 14.2 Å². The molecular weight excluding hydrogens is 398 g/mol. The van der Waals surface area contributed by atoms with Crippen LogP contribution in [0.25, 0.3) is 6.08 Å². The van der Waals surface area contributed by atoms with E-state index in [1.54, 1.807) is 38.5 Å². The number of ether oxygens (including phenoxy) is 3. The van der Waals surface area contributed by atoms with Gasteiger partial charge in [0.2, 0.25) is 11.9 Å². The van der Waals surface area contributed by atoms with Crippen molar-refractivity contribution in [2.45, 2.75) is 13.5 Å². The molecule has 0 saturated carbocycles. The Labute approximate surface area is 179 Å². The van der Waals surface area contributed by atoms with Gasteiger partial charge in [-0.05, 0) is 42.3 Å². The molecule has 0 fully saturated rings. The number of rotatable bonds is 8. The first kappa shape index (κ1) is 21.6. The number of anilines is 3. The Bertz CT molecular complexity index is 1100. The van der Waals surface area contributed by atoms with E-state index in [0.717, 1.165) is 16.8 Å². The van der Waals surface area contributed by atoms with Crippen molar-refractivity contribution in [3.05, 3.63) is 65.5 Å². The molecule has 0 unspecified atom stereocenters. The molecule has 0 aliphatic carbocycles. The monoisotopic (exact) mass is 421 g/mol. The summed E-state index contributed by atoms with van der Waals surface area (Å²) in [5.41, 5.74) is 8.38. The van der Waals surface area contributed by atoms with Crippen LogP contribution in [0.3, 0.4) is 0 Å². The van der Waals surface area contributed by atoms with Crippen molar-refractivity contribution in [3.63, 3.8) is 0 Å². The van der Waals surface area contributed by atoms with E-state index < -0.39 is 5.97 Å². The fourth-order valence-corrected chi connectivity index (χ4v) is 2.70. The molecule has 0 atom stereocenters. The number of nitrogens with zero attached hydrogens (tertiary/aromatic N) is 3. The minimum Gasteiger partial charge on any atom is -0.493 e. The van der Waals surface area contributed by atoms with Gasteiger partial charge < -0.3 is 25.3 Å². The van der Waals surface area contributed by atoms with E-state index in [1.807, 2.05) is 31.2 Å². The quantitative estimate of drug-likeness (QED) is 0.417. The number of nitrogens with two attached hydrogens (primary N) is 1. The van der Waals surface area contributed by atoms with Gasteiger partial charge >= 0.3 is 5.97 Å². The van der Waals surface area contributed by atoms with Crippen LogP contribution in [0.1, 0.15) is 17.0 Å². The molecule has 0 bridgehead atoms. The predicted molar refractivity (Wildman–Crippen MR) is 117 cm³/mol. The second-order valence-corrected chi connectivity index (χ2v) is 6.43. The van der Waals surface area contributed by atoms with E-state index in [-0.39, 0.29) is 24.3 Å². The Kier molecular flexibility index (Phi) is 7.00. The molecule has 0 aliphatic heterocycles. The molecule has 3 N–H and O–H groups in total. The van der Waals surface area contributed by atoms with Gasteiger partial charge in [0.15, 0.2) is 23.9 Å². The summed E-state index contributed by atoms with van der Waals surface area (Å²) >= 11 is 0. The first-order chi connectivity index (χ1) is 15.0. The highest BCUT2D eigenvalue weighted by Gasteiger charge is 2.09. The average Bonchev–Trinajstić information content (AvgIpc) is 2.77. The van der Waals surface area contributed by atoms with Gasteiger partial charge in [-0.2, -0.15) is 15.0 Å². The highest BCUT2D eigenvalue weighted by molar-refractivity contribution is 5.87. The fraction of sp³-hybridized carbons (Fsp3) is 0.182. The van der Waals surface area contributed by atoms with Gasteiger partial charge in [-0.15, -0.1) is 0 Å². The molecule has 31 heavy (non-hydrogen) atoms. The molecular formula is C22H23N5O4. The third-order valence-electron chi connectivity index (χ3n) is 4.25. The van der Waals surface area contributed by atoms with Gasteiger partial charge in [0, 0.05) is 11.8 Å². The van der Waals surface area contributed by atoms with Crippen molar-refractivity contribution in [3.8, 4) is 11.5 Å². The molecule has 3 aromatic rings. The van der Waals surface area contributed by atoms with Crippen molar-refractivity contribution in [2.24, 2.45) is 0 Å². The van der Waals surface area contributed by atoms with Crippen LogP contribution in [-0.2, 0) is 16.1 Å². The lowest BCUT2D eigenvalue weighted by molar-refractivity contribution is -0.139. The lowest BCUT2D eigenvalue weighted by Gasteiger charge is -2.09. The standard InChI is InChI=1S/C22H23N5O4/c1-14-6-4-5-7-16(14)24-22-26-19(25-21(23)27-22)13-31-20(28)11-9-15-8-10-17(29-2)18(12-15)30-3/h4-12H,13H2,1-3H3,(H3,23,24,25,26,27)/b11-9+. The molecule has 3 rings (SSSR count). The number of nitrogen functional groups attached to an aromatic ring is 1. The number of benzene rings is 2.